The van der Waals surface area contributed by atoms with Gasteiger partial charge in [-0.2, -0.15) is 5.10 Å². The summed E-state index contributed by atoms with van der Waals surface area (Å²) in [6.07, 6.45) is 0.309. The zero-order chi connectivity index (χ0) is 18.1. The summed E-state index contributed by atoms with van der Waals surface area (Å²) in [5.74, 6) is -0.0685. The van der Waals surface area contributed by atoms with E-state index >= 15 is 0 Å². The van der Waals surface area contributed by atoms with Gasteiger partial charge in [0.2, 0.25) is 5.91 Å². The van der Waals surface area contributed by atoms with Crippen molar-refractivity contribution >= 4 is 22.4 Å². The second-order valence-corrected chi connectivity index (χ2v) is 7.21. The van der Waals surface area contributed by atoms with E-state index in [2.05, 4.69) is 47.4 Å². The first-order valence-corrected chi connectivity index (χ1v) is 9.05. The fraction of sp³-hybridized carbons (Fsp3) is 0.316. The predicted octanol–water partition coefficient (Wildman–Crippen LogP) is 3.96. The smallest absolute Gasteiger partial charge is 0.230 e. The first kappa shape index (κ1) is 17.4. The largest absolute Gasteiger partial charge is 0.302 e. The number of thiazole rings is 1. The Hall–Kier alpha value is -2.47. The highest BCUT2D eigenvalue weighted by Gasteiger charge is 2.15. The van der Waals surface area contributed by atoms with Crippen molar-refractivity contribution in [3.8, 4) is 11.3 Å². The third kappa shape index (κ3) is 3.64. The summed E-state index contributed by atoms with van der Waals surface area (Å²) in [6.45, 7) is 8.04. The van der Waals surface area contributed by atoms with Crippen molar-refractivity contribution in [3.05, 3.63) is 51.7 Å². The molecule has 0 aliphatic heterocycles. The number of amides is 1. The van der Waals surface area contributed by atoms with E-state index in [1.54, 1.807) is 4.68 Å². The fourth-order valence-electron chi connectivity index (χ4n) is 2.86. The Morgan fingerprint density at radius 1 is 1.24 bits per heavy atom. The number of nitrogens with one attached hydrogen (secondary N) is 1. The van der Waals surface area contributed by atoms with Gasteiger partial charge in [-0.05, 0) is 39.3 Å². The average molecular weight is 354 g/mol. The molecular formula is C19H22N4OS. The van der Waals surface area contributed by atoms with Crippen LogP contribution >= 0.6 is 11.3 Å². The third-order valence-electron chi connectivity index (χ3n) is 4.42. The van der Waals surface area contributed by atoms with Crippen molar-refractivity contribution in [3.63, 3.8) is 0 Å². The summed E-state index contributed by atoms with van der Waals surface area (Å²) in [5.41, 5.74) is 7.27. The molecule has 0 saturated heterocycles. The van der Waals surface area contributed by atoms with E-state index in [-0.39, 0.29) is 5.91 Å². The summed E-state index contributed by atoms with van der Waals surface area (Å²) >= 11 is 1.45. The summed E-state index contributed by atoms with van der Waals surface area (Å²) in [5, 5.41) is 9.88. The molecule has 1 amide bonds. The molecule has 2 heterocycles. The van der Waals surface area contributed by atoms with E-state index < -0.39 is 0 Å². The number of aromatic nitrogens is 3. The molecule has 0 atom stereocenters. The second kappa shape index (κ2) is 6.80. The molecule has 1 aromatic carbocycles. The highest BCUT2D eigenvalue weighted by atomic mass is 32.1. The number of hydrogen-bond acceptors (Lipinski definition) is 4. The zero-order valence-electron chi connectivity index (χ0n) is 15.2. The maximum absolute atomic E-state index is 12.4. The van der Waals surface area contributed by atoms with Gasteiger partial charge in [0.1, 0.15) is 0 Å². The van der Waals surface area contributed by atoms with Crippen LogP contribution in [0, 0.1) is 27.7 Å². The number of benzene rings is 1. The number of hydrogen-bond donors (Lipinski definition) is 1. The lowest BCUT2D eigenvalue weighted by molar-refractivity contribution is -0.115. The van der Waals surface area contributed by atoms with Crippen molar-refractivity contribution in [2.45, 2.75) is 34.1 Å². The van der Waals surface area contributed by atoms with Gasteiger partial charge in [0.05, 0.1) is 17.8 Å². The molecule has 3 rings (SSSR count). The van der Waals surface area contributed by atoms with Crippen LogP contribution in [0.4, 0.5) is 5.13 Å². The van der Waals surface area contributed by atoms with Gasteiger partial charge in [-0.25, -0.2) is 4.98 Å². The number of carbonyl (C=O) groups excluding carboxylic acids is 1. The lowest BCUT2D eigenvalue weighted by Crippen LogP contribution is -2.15. The molecule has 0 radical (unpaired) electrons. The molecule has 1 N–H and O–H groups in total. The Morgan fingerprint density at radius 3 is 2.68 bits per heavy atom. The van der Waals surface area contributed by atoms with Gasteiger partial charge in [0.15, 0.2) is 5.13 Å². The third-order valence-corrected chi connectivity index (χ3v) is 5.17. The van der Waals surface area contributed by atoms with Crippen LogP contribution in [0.3, 0.4) is 0 Å². The zero-order valence-corrected chi connectivity index (χ0v) is 16.0. The number of anilines is 1. The predicted molar refractivity (Wildman–Crippen MR) is 102 cm³/mol. The molecule has 25 heavy (non-hydrogen) atoms. The van der Waals surface area contributed by atoms with Crippen molar-refractivity contribution in [2.75, 3.05) is 5.32 Å². The van der Waals surface area contributed by atoms with Crippen LogP contribution in [0.15, 0.2) is 23.6 Å². The minimum absolute atomic E-state index is 0.0685. The SMILES string of the molecule is Cc1ccc(C)c(-c2csc(NC(=O)Cc3c(C)nn(C)c3C)n2)c1. The van der Waals surface area contributed by atoms with Gasteiger partial charge in [-0.15, -0.1) is 11.3 Å². The van der Waals surface area contributed by atoms with E-state index in [4.69, 9.17) is 0 Å². The van der Waals surface area contributed by atoms with E-state index in [1.807, 2.05) is 26.3 Å². The Bertz CT molecular complexity index is 939. The fourth-order valence-corrected chi connectivity index (χ4v) is 3.59. The molecule has 0 aliphatic carbocycles. The van der Waals surface area contributed by atoms with Gasteiger partial charge in [0.25, 0.3) is 0 Å². The molecule has 0 bridgehead atoms. The molecular weight excluding hydrogens is 332 g/mol. The Labute approximate surface area is 151 Å². The molecule has 0 fully saturated rings. The van der Waals surface area contributed by atoms with Crippen LogP contribution in [-0.4, -0.2) is 20.7 Å². The van der Waals surface area contributed by atoms with Crippen molar-refractivity contribution in [2.24, 2.45) is 7.05 Å². The molecule has 3 aromatic rings. The summed E-state index contributed by atoms with van der Waals surface area (Å²) in [7, 11) is 1.89. The van der Waals surface area contributed by atoms with Crippen LogP contribution in [-0.2, 0) is 18.3 Å². The first-order chi connectivity index (χ1) is 11.8. The Balaban J connectivity index is 1.75. The van der Waals surface area contributed by atoms with Gasteiger partial charge in [-0.3, -0.25) is 9.48 Å². The molecule has 130 valence electrons. The Kier molecular flexibility index (Phi) is 4.72. The lowest BCUT2D eigenvalue weighted by atomic mass is 10.0. The van der Waals surface area contributed by atoms with E-state index in [1.165, 1.54) is 22.5 Å². The van der Waals surface area contributed by atoms with E-state index in [0.717, 1.165) is 28.2 Å². The molecule has 0 aliphatic rings. The molecule has 6 heteroatoms. The standard InChI is InChI=1S/C19H22N4OS/c1-11-6-7-12(2)15(8-11)17-10-25-19(20-17)21-18(24)9-16-13(3)22-23(5)14(16)4/h6-8,10H,9H2,1-5H3,(H,20,21,24). The maximum atomic E-state index is 12.4. The van der Waals surface area contributed by atoms with Crippen molar-refractivity contribution in [1.82, 2.24) is 14.8 Å². The number of aryl methyl sites for hydroxylation is 4. The highest BCUT2D eigenvalue weighted by molar-refractivity contribution is 7.14. The van der Waals surface area contributed by atoms with Crippen LogP contribution in [0.2, 0.25) is 0 Å². The first-order valence-electron chi connectivity index (χ1n) is 8.17. The molecule has 0 spiro atoms. The van der Waals surface area contributed by atoms with Crippen LogP contribution < -0.4 is 5.32 Å². The van der Waals surface area contributed by atoms with Crippen LogP contribution in [0.25, 0.3) is 11.3 Å². The lowest BCUT2D eigenvalue weighted by Gasteiger charge is -2.04. The summed E-state index contributed by atoms with van der Waals surface area (Å²) < 4.78 is 1.81. The van der Waals surface area contributed by atoms with Crippen LogP contribution in [0.1, 0.15) is 28.1 Å². The van der Waals surface area contributed by atoms with Crippen molar-refractivity contribution in [1.29, 1.82) is 0 Å². The highest BCUT2D eigenvalue weighted by Crippen LogP contribution is 2.28. The summed E-state index contributed by atoms with van der Waals surface area (Å²) in [6, 6.07) is 6.31. The molecule has 2 aromatic heterocycles. The topological polar surface area (TPSA) is 59.8 Å². The van der Waals surface area contributed by atoms with E-state index in [0.29, 0.717) is 11.6 Å². The molecule has 0 saturated carbocycles. The van der Waals surface area contributed by atoms with Crippen molar-refractivity contribution < 1.29 is 4.79 Å². The minimum Gasteiger partial charge on any atom is -0.302 e. The number of carbonyl (C=O) groups is 1. The normalized spacial score (nSPS) is 10.9. The molecule has 0 unspecified atom stereocenters. The van der Waals surface area contributed by atoms with Gasteiger partial charge >= 0.3 is 0 Å². The monoisotopic (exact) mass is 354 g/mol. The number of rotatable bonds is 4. The number of nitrogens with zero attached hydrogens (tertiary/aromatic N) is 3. The minimum atomic E-state index is -0.0685. The summed E-state index contributed by atoms with van der Waals surface area (Å²) in [4.78, 5) is 17.0. The van der Waals surface area contributed by atoms with Gasteiger partial charge in [-0.1, -0.05) is 17.7 Å². The molecule has 5 nitrogen and oxygen atoms in total. The maximum Gasteiger partial charge on any atom is 0.230 e. The van der Waals surface area contributed by atoms with Gasteiger partial charge in [0, 0.05) is 29.2 Å². The quantitative estimate of drug-likeness (QED) is 0.771. The average Bonchev–Trinajstić information content (AvgIpc) is 3.10. The van der Waals surface area contributed by atoms with Gasteiger partial charge < -0.3 is 5.32 Å². The van der Waals surface area contributed by atoms with Crippen LogP contribution in [0.5, 0.6) is 0 Å². The van der Waals surface area contributed by atoms with E-state index in [9.17, 15) is 4.79 Å². The second-order valence-electron chi connectivity index (χ2n) is 6.35. The Morgan fingerprint density at radius 2 is 2.00 bits per heavy atom.